The van der Waals surface area contributed by atoms with E-state index in [1.54, 1.807) is 19.2 Å². The summed E-state index contributed by atoms with van der Waals surface area (Å²) in [5, 5.41) is 7.90. The van der Waals surface area contributed by atoms with Gasteiger partial charge in [0.05, 0.1) is 6.10 Å². The van der Waals surface area contributed by atoms with Gasteiger partial charge in [0.2, 0.25) is 5.88 Å². The van der Waals surface area contributed by atoms with E-state index in [-0.39, 0.29) is 6.10 Å². The third-order valence-electron chi connectivity index (χ3n) is 2.13. The first-order valence-corrected chi connectivity index (χ1v) is 5.30. The second kappa shape index (κ2) is 5.12. The molecule has 82 valence electrons. The number of hydrogen-bond acceptors (Lipinski definition) is 3. The molecule has 0 spiro atoms. The van der Waals surface area contributed by atoms with E-state index in [9.17, 15) is 0 Å². The topological polar surface area (TPSA) is 46.0 Å². The predicted molar refractivity (Wildman–Crippen MR) is 62.1 cm³/mol. The minimum absolute atomic E-state index is 0.0990. The molecule has 1 atom stereocenters. The van der Waals surface area contributed by atoms with Crippen molar-refractivity contribution in [2.24, 2.45) is 0 Å². The van der Waals surface area contributed by atoms with Gasteiger partial charge in [0.25, 0.3) is 0 Å². The molecule has 0 aliphatic carbocycles. The van der Waals surface area contributed by atoms with E-state index in [2.05, 4.69) is 4.98 Å². The van der Waals surface area contributed by atoms with Crippen LogP contribution in [0.25, 0.3) is 0 Å². The molecule has 1 unspecified atom stereocenters. The van der Waals surface area contributed by atoms with Crippen molar-refractivity contribution in [2.45, 2.75) is 33.3 Å². The summed E-state index contributed by atoms with van der Waals surface area (Å²) < 4.78 is 5.52. The standard InChI is InChI=1S/C11H15ClN2O/c1-4-7(2)15-11-10(12)5-9(6-14-11)8(3)13/h5-7,13H,4H2,1-3H3. The highest BCUT2D eigenvalue weighted by atomic mass is 35.5. The maximum absolute atomic E-state index is 7.44. The molecular weight excluding hydrogens is 212 g/mol. The molecule has 15 heavy (non-hydrogen) atoms. The highest BCUT2D eigenvalue weighted by Gasteiger charge is 2.08. The SMILES string of the molecule is CCC(C)Oc1ncc(C(C)=N)cc1Cl. The van der Waals surface area contributed by atoms with Gasteiger partial charge >= 0.3 is 0 Å². The highest BCUT2D eigenvalue weighted by Crippen LogP contribution is 2.23. The van der Waals surface area contributed by atoms with Gasteiger partial charge < -0.3 is 10.1 Å². The molecule has 0 saturated heterocycles. The lowest BCUT2D eigenvalue weighted by molar-refractivity contribution is 0.209. The van der Waals surface area contributed by atoms with Crippen molar-refractivity contribution < 1.29 is 4.74 Å². The molecule has 1 rings (SSSR count). The van der Waals surface area contributed by atoms with E-state index >= 15 is 0 Å². The molecule has 3 nitrogen and oxygen atoms in total. The summed E-state index contributed by atoms with van der Waals surface area (Å²) in [7, 11) is 0. The van der Waals surface area contributed by atoms with Crippen molar-refractivity contribution in [3.8, 4) is 5.88 Å². The fraction of sp³-hybridized carbons (Fsp3) is 0.455. The Morgan fingerprint density at radius 2 is 2.33 bits per heavy atom. The summed E-state index contributed by atoms with van der Waals surface area (Å²) in [6.07, 6.45) is 2.61. The lowest BCUT2D eigenvalue weighted by atomic mass is 10.2. The molecule has 0 bridgehead atoms. The molecule has 0 radical (unpaired) electrons. The van der Waals surface area contributed by atoms with Gasteiger partial charge in [-0.2, -0.15) is 0 Å². The monoisotopic (exact) mass is 226 g/mol. The first-order valence-electron chi connectivity index (χ1n) is 4.92. The Bertz CT molecular complexity index is 366. The van der Waals surface area contributed by atoms with Crippen molar-refractivity contribution in [1.82, 2.24) is 4.98 Å². The maximum atomic E-state index is 7.44. The molecule has 4 heteroatoms. The smallest absolute Gasteiger partial charge is 0.232 e. The average Bonchev–Trinajstić information content (AvgIpc) is 2.20. The normalized spacial score (nSPS) is 12.3. The Hall–Kier alpha value is -1.09. The summed E-state index contributed by atoms with van der Waals surface area (Å²) in [5.41, 5.74) is 1.16. The number of pyridine rings is 1. The summed E-state index contributed by atoms with van der Waals surface area (Å²) >= 11 is 5.99. The number of nitrogens with one attached hydrogen (secondary N) is 1. The lowest BCUT2D eigenvalue weighted by Gasteiger charge is -2.12. The van der Waals surface area contributed by atoms with Crippen LogP contribution in [0.4, 0.5) is 0 Å². The van der Waals surface area contributed by atoms with Crippen LogP contribution >= 0.6 is 11.6 Å². The van der Waals surface area contributed by atoms with Gasteiger partial charge in [-0.15, -0.1) is 0 Å². The van der Waals surface area contributed by atoms with Gasteiger partial charge in [-0.05, 0) is 26.3 Å². The number of ether oxygens (including phenoxy) is 1. The van der Waals surface area contributed by atoms with Gasteiger partial charge in [0, 0.05) is 17.5 Å². The number of halogens is 1. The van der Waals surface area contributed by atoms with Crippen molar-refractivity contribution >= 4 is 17.3 Å². The fourth-order valence-electron chi connectivity index (χ4n) is 0.991. The minimum Gasteiger partial charge on any atom is -0.474 e. The molecule has 0 aromatic carbocycles. The zero-order chi connectivity index (χ0) is 11.4. The van der Waals surface area contributed by atoms with Gasteiger partial charge in [-0.3, -0.25) is 0 Å². The quantitative estimate of drug-likeness (QED) is 0.801. The van der Waals surface area contributed by atoms with Gasteiger partial charge in [-0.1, -0.05) is 18.5 Å². The second-order valence-corrected chi connectivity index (χ2v) is 3.88. The maximum Gasteiger partial charge on any atom is 0.232 e. The Morgan fingerprint density at radius 3 is 2.80 bits per heavy atom. The van der Waals surface area contributed by atoms with Gasteiger partial charge in [0.15, 0.2) is 0 Å². The first kappa shape index (κ1) is 12.0. The molecule has 0 saturated carbocycles. The summed E-state index contributed by atoms with van der Waals surface area (Å²) in [4.78, 5) is 4.09. The van der Waals surface area contributed by atoms with E-state index in [0.717, 1.165) is 12.0 Å². The van der Waals surface area contributed by atoms with E-state index in [0.29, 0.717) is 16.6 Å². The van der Waals surface area contributed by atoms with Crippen molar-refractivity contribution in [3.63, 3.8) is 0 Å². The third-order valence-corrected chi connectivity index (χ3v) is 2.40. The summed E-state index contributed by atoms with van der Waals surface area (Å²) in [6.45, 7) is 5.70. The van der Waals surface area contributed by atoms with E-state index in [1.807, 2.05) is 13.8 Å². The Morgan fingerprint density at radius 1 is 1.67 bits per heavy atom. The van der Waals surface area contributed by atoms with Crippen LogP contribution < -0.4 is 4.74 Å². The van der Waals surface area contributed by atoms with E-state index in [1.165, 1.54) is 0 Å². The lowest BCUT2D eigenvalue weighted by Crippen LogP contribution is -2.11. The molecule has 0 aliphatic heterocycles. The zero-order valence-electron chi connectivity index (χ0n) is 9.17. The fourth-order valence-corrected chi connectivity index (χ4v) is 1.20. The molecule has 1 aromatic heterocycles. The van der Waals surface area contributed by atoms with Crippen LogP contribution in [0.5, 0.6) is 5.88 Å². The van der Waals surface area contributed by atoms with Crippen molar-refractivity contribution in [2.75, 3.05) is 0 Å². The van der Waals surface area contributed by atoms with Gasteiger partial charge in [-0.25, -0.2) is 4.98 Å². The van der Waals surface area contributed by atoms with Crippen LogP contribution in [0.1, 0.15) is 32.8 Å². The van der Waals surface area contributed by atoms with Crippen molar-refractivity contribution in [1.29, 1.82) is 5.41 Å². The molecule has 1 heterocycles. The highest BCUT2D eigenvalue weighted by molar-refractivity contribution is 6.32. The Balaban J connectivity index is 2.88. The van der Waals surface area contributed by atoms with Crippen LogP contribution in [0.3, 0.4) is 0 Å². The largest absolute Gasteiger partial charge is 0.474 e. The average molecular weight is 227 g/mol. The number of nitrogens with zero attached hydrogens (tertiary/aromatic N) is 1. The first-order chi connectivity index (χ1) is 7.04. The minimum atomic E-state index is 0.0990. The van der Waals surface area contributed by atoms with Crippen LogP contribution in [0.15, 0.2) is 12.3 Å². The second-order valence-electron chi connectivity index (χ2n) is 3.47. The van der Waals surface area contributed by atoms with Gasteiger partial charge in [0.1, 0.15) is 5.02 Å². The summed E-state index contributed by atoms with van der Waals surface area (Å²) in [5.74, 6) is 0.441. The zero-order valence-corrected chi connectivity index (χ0v) is 9.93. The Labute approximate surface area is 94.9 Å². The number of aromatic nitrogens is 1. The van der Waals surface area contributed by atoms with Crippen LogP contribution in [0, 0.1) is 5.41 Å². The number of rotatable bonds is 4. The predicted octanol–water partition coefficient (Wildman–Crippen LogP) is 3.30. The molecule has 0 fully saturated rings. The molecular formula is C11H15ClN2O. The summed E-state index contributed by atoms with van der Waals surface area (Å²) in [6, 6.07) is 1.70. The molecule has 0 aliphatic rings. The molecule has 1 N–H and O–H groups in total. The van der Waals surface area contributed by atoms with E-state index < -0.39 is 0 Å². The number of hydrogen-bond donors (Lipinski definition) is 1. The Kier molecular flexibility index (Phi) is 4.09. The molecule has 1 aromatic rings. The van der Waals surface area contributed by atoms with Crippen molar-refractivity contribution in [3.05, 3.63) is 22.8 Å². The molecule has 0 amide bonds. The van der Waals surface area contributed by atoms with E-state index in [4.69, 9.17) is 21.7 Å². The van der Waals surface area contributed by atoms with Crippen LogP contribution in [0.2, 0.25) is 5.02 Å². The van der Waals surface area contributed by atoms with Crippen LogP contribution in [-0.2, 0) is 0 Å². The van der Waals surface area contributed by atoms with Crippen LogP contribution in [-0.4, -0.2) is 16.8 Å². The third kappa shape index (κ3) is 3.20.